The Hall–Kier alpha value is -3.15. The fraction of sp³-hybridized carbons (Fsp3) is 0.167. The highest BCUT2D eigenvalue weighted by Gasteiger charge is 2.16. The van der Waals surface area contributed by atoms with Crippen LogP contribution in [0, 0.1) is 13.8 Å². The van der Waals surface area contributed by atoms with Crippen LogP contribution < -0.4 is 11.1 Å². The molecule has 1 aromatic carbocycles. The van der Waals surface area contributed by atoms with Gasteiger partial charge in [0.15, 0.2) is 5.82 Å². The van der Waals surface area contributed by atoms with Crippen LogP contribution in [0.2, 0.25) is 0 Å². The maximum absolute atomic E-state index is 12.3. The zero-order chi connectivity index (χ0) is 17.1. The highest BCUT2D eigenvalue weighted by atomic mass is 16.1. The summed E-state index contributed by atoms with van der Waals surface area (Å²) in [7, 11) is 0. The van der Waals surface area contributed by atoms with E-state index >= 15 is 0 Å². The molecule has 0 saturated carbocycles. The number of rotatable bonds is 4. The summed E-state index contributed by atoms with van der Waals surface area (Å²) in [5.74, 6) is 0.632. The molecular formula is C18H19N5O. The summed E-state index contributed by atoms with van der Waals surface area (Å²) in [4.78, 5) is 16.6. The lowest BCUT2D eigenvalue weighted by molar-refractivity contribution is -0.115. The molecule has 3 rings (SSSR count). The zero-order valence-electron chi connectivity index (χ0n) is 13.7. The lowest BCUT2D eigenvalue weighted by Crippen LogP contribution is -2.15. The topological polar surface area (TPSA) is 85.8 Å². The third-order valence-corrected chi connectivity index (χ3v) is 3.82. The molecule has 0 bridgehead atoms. The van der Waals surface area contributed by atoms with Crippen molar-refractivity contribution in [3.8, 4) is 5.82 Å². The molecule has 0 unspecified atom stereocenters. The minimum absolute atomic E-state index is 0.104. The Morgan fingerprint density at radius 2 is 2.04 bits per heavy atom. The fourth-order valence-corrected chi connectivity index (χ4v) is 2.62. The zero-order valence-corrected chi connectivity index (χ0v) is 13.7. The van der Waals surface area contributed by atoms with Gasteiger partial charge in [0, 0.05) is 28.8 Å². The largest absolute Gasteiger partial charge is 0.399 e. The van der Waals surface area contributed by atoms with E-state index in [2.05, 4.69) is 15.4 Å². The van der Waals surface area contributed by atoms with Crippen LogP contribution in [-0.4, -0.2) is 20.7 Å². The molecule has 0 aliphatic rings. The second-order valence-electron chi connectivity index (χ2n) is 5.60. The predicted molar refractivity (Wildman–Crippen MR) is 94.0 cm³/mol. The molecule has 6 nitrogen and oxygen atoms in total. The van der Waals surface area contributed by atoms with E-state index in [1.54, 1.807) is 29.1 Å². The summed E-state index contributed by atoms with van der Waals surface area (Å²) in [6.07, 6.45) is 1.97. The quantitative estimate of drug-likeness (QED) is 0.723. The molecule has 0 aliphatic heterocycles. The Labute approximate surface area is 140 Å². The number of pyridine rings is 1. The maximum Gasteiger partial charge on any atom is 0.228 e. The molecule has 0 atom stereocenters. The van der Waals surface area contributed by atoms with Crippen molar-refractivity contribution < 1.29 is 4.79 Å². The van der Waals surface area contributed by atoms with Crippen molar-refractivity contribution in [1.29, 1.82) is 0 Å². The number of carbonyl (C=O) groups excluding carboxylic acids is 1. The number of carbonyl (C=O) groups is 1. The molecule has 2 aromatic heterocycles. The fourth-order valence-electron chi connectivity index (χ4n) is 2.62. The Kier molecular flexibility index (Phi) is 4.29. The van der Waals surface area contributed by atoms with Gasteiger partial charge in [-0.1, -0.05) is 12.1 Å². The summed E-state index contributed by atoms with van der Waals surface area (Å²) >= 11 is 0. The van der Waals surface area contributed by atoms with Crippen molar-refractivity contribution in [2.24, 2.45) is 0 Å². The maximum atomic E-state index is 12.3. The summed E-state index contributed by atoms with van der Waals surface area (Å²) < 4.78 is 1.76. The second-order valence-corrected chi connectivity index (χ2v) is 5.60. The van der Waals surface area contributed by atoms with Crippen LogP contribution in [0.15, 0.2) is 48.7 Å². The molecule has 0 aliphatic carbocycles. The number of nitrogens with one attached hydrogen (secondary N) is 1. The van der Waals surface area contributed by atoms with Crippen molar-refractivity contribution in [3.05, 3.63) is 65.6 Å². The number of anilines is 2. The van der Waals surface area contributed by atoms with Gasteiger partial charge in [-0.15, -0.1) is 0 Å². The first-order valence-corrected chi connectivity index (χ1v) is 7.66. The Morgan fingerprint density at radius 1 is 1.21 bits per heavy atom. The number of hydrogen-bond donors (Lipinski definition) is 2. The lowest BCUT2D eigenvalue weighted by Gasteiger charge is -2.07. The van der Waals surface area contributed by atoms with Gasteiger partial charge in [0.2, 0.25) is 5.91 Å². The third-order valence-electron chi connectivity index (χ3n) is 3.82. The molecular weight excluding hydrogens is 302 g/mol. The first-order chi connectivity index (χ1) is 11.5. The van der Waals surface area contributed by atoms with Gasteiger partial charge >= 0.3 is 0 Å². The predicted octanol–water partition coefficient (Wildman–Crippen LogP) is 2.65. The van der Waals surface area contributed by atoms with Crippen LogP contribution in [0.5, 0.6) is 0 Å². The molecule has 2 heterocycles. The van der Waals surface area contributed by atoms with E-state index in [-0.39, 0.29) is 12.3 Å². The second kappa shape index (κ2) is 6.54. The van der Waals surface area contributed by atoms with Crippen LogP contribution in [0.3, 0.4) is 0 Å². The number of nitrogens with zero attached hydrogens (tertiary/aromatic N) is 3. The number of benzene rings is 1. The van der Waals surface area contributed by atoms with Crippen LogP contribution in [0.1, 0.15) is 17.0 Å². The lowest BCUT2D eigenvalue weighted by atomic mass is 10.1. The normalized spacial score (nSPS) is 10.6. The van der Waals surface area contributed by atoms with Crippen LogP contribution in [-0.2, 0) is 11.2 Å². The van der Waals surface area contributed by atoms with Crippen molar-refractivity contribution in [3.63, 3.8) is 0 Å². The van der Waals surface area contributed by atoms with E-state index in [0.29, 0.717) is 11.4 Å². The van der Waals surface area contributed by atoms with Gasteiger partial charge < -0.3 is 11.1 Å². The number of aromatic nitrogens is 3. The summed E-state index contributed by atoms with van der Waals surface area (Å²) in [5.41, 5.74) is 9.67. The van der Waals surface area contributed by atoms with Crippen molar-refractivity contribution >= 4 is 17.3 Å². The highest BCUT2D eigenvalue weighted by Crippen LogP contribution is 2.18. The first-order valence-electron chi connectivity index (χ1n) is 7.66. The minimum Gasteiger partial charge on any atom is -0.399 e. The first kappa shape index (κ1) is 15.7. The average molecular weight is 321 g/mol. The highest BCUT2D eigenvalue weighted by molar-refractivity contribution is 5.92. The number of nitrogen functional groups attached to an aromatic ring is 1. The molecule has 3 N–H and O–H groups in total. The monoisotopic (exact) mass is 321 g/mol. The standard InChI is InChI=1S/C18H19N5O/c1-12-16(11-18(24)21-15-7-5-6-14(19)10-15)13(2)23(22-12)17-8-3-4-9-20-17/h3-10H,11,19H2,1-2H3,(H,21,24). The molecule has 0 radical (unpaired) electrons. The number of hydrogen-bond acceptors (Lipinski definition) is 4. The van der Waals surface area contributed by atoms with Gasteiger partial charge in [0.05, 0.1) is 12.1 Å². The number of nitrogens with two attached hydrogens (primary N) is 1. The Morgan fingerprint density at radius 3 is 2.75 bits per heavy atom. The van der Waals surface area contributed by atoms with Gasteiger partial charge in [-0.3, -0.25) is 4.79 Å². The Bertz CT molecular complexity index is 870. The van der Waals surface area contributed by atoms with E-state index < -0.39 is 0 Å². The molecule has 3 aromatic rings. The van der Waals surface area contributed by atoms with Gasteiger partial charge in [0.25, 0.3) is 0 Å². The molecule has 0 saturated heterocycles. The molecule has 0 spiro atoms. The minimum atomic E-state index is -0.104. The van der Waals surface area contributed by atoms with Gasteiger partial charge in [-0.2, -0.15) is 5.10 Å². The van der Waals surface area contributed by atoms with Crippen molar-refractivity contribution in [1.82, 2.24) is 14.8 Å². The summed E-state index contributed by atoms with van der Waals surface area (Å²) in [6.45, 7) is 3.84. The smallest absolute Gasteiger partial charge is 0.228 e. The van der Waals surface area contributed by atoms with Gasteiger partial charge in [-0.25, -0.2) is 9.67 Å². The molecule has 24 heavy (non-hydrogen) atoms. The van der Waals surface area contributed by atoms with Crippen molar-refractivity contribution in [2.45, 2.75) is 20.3 Å². The number of amides is 1. The summed E-state index contributed by atoms with van der Waals surface area (Å²) in [6, 6.07) is 12.8. The number of aryl methyl sites for hydroxylation is 1. The van der Waals surface area contributed by atoms with Crippen LogP contribution >= 0.6 is 0 Å². The van der Waals surface area contributed by atoms with Crippen LogP contribution in [0.4, 0.5) is 11.4 Å². The van der Waals surface area contributed by atoms with E-state index in [1.165, 1.54) is 0 Å². The average Bonchev–Trinajstić information content (AvgIpc) is 2.84. The van der Waals surface area contributed by atoms with Crippen molar-refractivity contribution in [2.75, 3.05) is 11.1 Å². The van der Waals surface area contributed by atoms with E-state index in [9.17, 15) is 4.79 Å². The third kappa shape index (κ3) is 3.27. The molecule has 6 heteroatoms. The Balaban J connectivity index is 1.80. The van der Waals surface area contributed by atoms with Gasteiger partial charge in [0.1, 0.15) is 0 Å². The van der Waals surface area contributed by atoms with E-state index in [1.807, 2.05) is 38.1 Å². The van der Waals surface area contributed by atoms with E-state index in [4.69, 9.17) is 5.73 Å². The van der Waals surface area contributed by atoms with Gasteiger partial charge in [-0.05, 0) is 44.2 Å². The molecule has 1 amide bonds. The molecule has 122 valence electrons. The van der Waals surface area contributed by atoms with E-state index in [0.717, 1.165) is 22.8 Å². The van der Waals surface area contributed by atoms with Crippen LogP contribution in [0.25, 0.3) is 5.82 Å². The summed E-state index contributed by atoms with van der Waals surface area (Å²) in [5, 5.41) is 7.37. The SMILES string of the molecule is Cc1nn(-c2ccccn2)c(C)c1CC(=O)Nc1cccc(N)c1. The molecule has 0 fully saturated rings.